The zero-order valence-corrected chi connectivity index (χ0v) is 14.1. The first-order valence-corrected chi connectivity index (χ1v) is 7.71. The molecule has 0 amide bonds. The van der Waals surface area contributed by atoms with Crippen LogP contribution in [0.1, 0.15) is 11.1 Å². The molecule has 2 aromatic rings. The van der Waals surface area contributed by atoms with Gasteiger partial charge in [0.15, 0.2) is 0 Å². The smallest absolute Gasteiger partial charge is 0.138 e. The van der Waals surface area contributed by atoms with Gasteiger partial charge in [-0.25, -0.2) is 0 Å². The highest BCUT2D eigenvalue weighted by molar-refractivity contribution is 5.56. The van der Waals surface area contributed by atoms with E-state index in [2.05, 4.69) is 10.1 Å². The third-order valence-electron chi connectivity index (χ3n) is 2.97. The number of rotatable bonds is 3. The molecule has 24 heavy (non-hydrogen) atoms. The largest absolute Gasteiger partial charge is 0.506 e. The minimum atomic E-state index is 0.0628. The lowest BCUT2D eigenvalue weighted by molar-refractivity contribution is 0.311. The number of hydrogen-bond acceptors (Lipinski definition) is 6. The van der Waals surface area contributed by atoms with E-state index in [1.807, 2.05) is 26.0 Å². The van der Waals surface area contributed by atoms with E-state index in [0.29, 0.717) is 17.9 Å². The molecular formula is C18H26N2O4. The van der Waals surface area contributed by atoms with Crippen molar-refractivity contribution in [2.45, 2.75) is 13.8 Å². The number of hydrogen-bond donors (Lipinski definition) is 5. The van der Waals surface area contributed by atoms with Gasteiger partial charge in [0.25, 0.3) is 0 Å². The lowest BCUT2D eigenvalue weighted by atomic mass is 10.2. The van der Waals surface area contributed by atoms with Gasteiger partial charge in [-0.2, -0.15) is 0 Å². The summed E-state index contributed by atoms with van der Waals surface area (Å²) in [5.41, 5.74) is 8.46. The molecule has 0 saturated carbocycles. The third-order valence-corrected chi connectivity index (χ3v) is 2.97. The Morgan fingerprint density at radius 2 is 1.54 bits per heavy atom. The van der Waals surface area contributed by atoms with E-state index in [4.69, 9.17) is 15.9 Å². The van der Waals surface area contributed by atoms with Crippen molar-refractivity contribution in [2.75, 3.05) is 37.4 Å². The molecule has 0 aromatic heterocycles. The molecule has 1 saturated heterocycles. The number of epoxide rings is 1. The van der Waals surface area contributed by atoms with Crippen LogP contribution >= 0.6 is 0 Å². The maximum atomic E-state index is 9.37. The van der Waals surface area contributed by atoms with Crippen LogP contribution in [0.5, 0.6) is 11.5 Å². The normalized spacial score (nSPS) is 11.5. The molecule has 1 aliphatic rings. The van der Waals surface area contributed by atoms with E-state index in [1.165, 1.54) is 0 Å². The van der Waals surface area contributed by atoms with Crippen LogP contribution in [-0.2, 0) is 4.74 Å². The van der Waals surface area contributed by atoms with E-state index in [1.54, 1.807) is 24.3 Å². The quantitative estimate of drug-likeness (QED) is 0.335. The van der Waals surface area contributed by atoms with Crippen molar-refractivity contribution < 1.29 is 20.1 Å². The van der Waals surface area contributed by atoms with Crippen LogP contribution in [0, 0.1) is 13.8 Å². The second-order valence-corrected chi connectivity index (χ2v) is 5.35. The molecule has 0 bridgehead atoms. The molecule has 6 N–H and O–H groups in total. The van der Waals surface area contributed by atoms with Gasteiger partial charge in [-0.3, -0.25) is 0 Å². The Morgan fingerprint density at radius 3 is 1.96 bits per heavy atom. The summed E-state index contributed by atoms with van der Waals surface area (Å²) in [5, 5.41) is 29.8. The molecule has 6 nitrogen and oxygen atoms in total. The van der Waals surface area contributed by atoms with E-state index in [9.17, 15) is 5.11 Å². The topological polar surface area (TPSA) is 111 Å². The van der Waals surface area contributed by atoms with Gasteiger partial charge in [0.2, 0.25) is 0 Å². The molecule has 0 atom stereocenters. The molecule has 1 heterocycles. The zero-order chi connectivity index (χ0) is 17.9. The van der Waals surface area contributed by atoms with Crippen LogP contribution in [0.2, 0.25) is 0 Å². The highest BCUT2D eigenvalue weighted by Crippen LogP contribution is 2.23. The van der Waals surface area contributed by atoms with E-state index >= 15 is 0 Å². The lowest BCUT2D eigenvalue weighted by Crippen LogP contribution is -2.05. The number of phenolic OH excluding ortho intramolecular Hbond substituents is 2. The Kier molecular flexibility index (Phi) is 8.46. The van der Waals surface area contributed by atoms with Crippen LogP contribution in [-0.4, -0.2) is 41.7 Å². The van der Waals surface area contributed by atoms with Gasteiger partial charge >= 0.3 is 0 Å². The van der Waals surface area contributed by atoms with Crippen LogP contribution in [0.4, 0.5) is 11.4 Å². The van der Waals surface area contributed by atoms with Gasteiger partial charge in [0, 0.05) is 6.54 Å². The second kappa shape index (κ2) is 10.4. The zero-order valence-electron chi connectivity index (χ0n) is 14.1. The number of benzene rings is 2. The molecule has 132 valence electrons. The van der Waals surface area contributed by atoms with Crippen LogP contribution in [0.3, 0.4) is 0 Å². The van der Waals surface area contributed by atoms with Crippen LogP contribution in [0.25, 0.3) is 0 Å². The summed E-state index contributed by atoms with van der Waals surface area (Å²) in [4.78, 5) is 0. The van der Waals surface area contributed by atoms with Crippen molar-refractivity contribution in [1.29, 1.82) is 0 Å². The van der Waals surface area contributed by atoms with Crippen molar-refractivity contribution in [3.8, 4) is 11.5 Å². The first-order valence-electron chi connectivity index (χ1n) is 7.71. The number of nitrogens with two attached hydrogens (primary N) is 1. The average Bonchev–Trinajstić information content (AvgIpc) is 3.40. The Morgan fingerprint density at radius 1 is 1.00 bits per heavy atom. The number of nitrogens with one attached hydrogen (secondary N) is 1. The molecule has 0 unspecified atom stereocenters. The molecule has 1 aliphatic heterocycles. The van der Waals surface area contributed by atoms with E-state index < -0.39 is 0 Å². The van der Waals surface area contributed by atoms with Crippen LogP contribution in [0.15, 0.2) is 36.4 Å². The van der Waals surface area contributed by atoms with Crippen molar-refractivity contribution >= 4 is 11.4 Å². The lowest BCUT2D eigenvalue weighted by Gasteiger charge is -2.06. The number of aliphatic hydroxyl groups excluding tert-OH is 1. The molecule has 6 heteroatoms. The highest BCUT2D eigenvalue weighted by atomic mass is 16.6. The summed E-state index contributed by atoms with van der Waals surface area (Å²) in [7, 11) is 0. The highest BCUT2D eigenvalue weighted by Gasteiger charge is 1.98. The Labute approximate surface area is 142 Å². The minimum Gasteiger partial charge on any atom is -0.506 e. The number of ether oxygens (including phenoxy) is 1. The Bertz CT molecular complexity index is 628. The molecule has 0 spiro atoms. The van der Waals surface area contributed by atoms with Crippen molar-refractivity contribution in [2.24, 2.45) is 0 Å². The number of anilines is 2. The maximum Gasteiger partial charge on any atom is 0.138 e. The number of aliphatic hydroxyl groups is 1. The third kappa shape index (κ3) is 8.26. The minimum absolute atomic E-state index is 0.0628. The van der Waals surface area contributed by atoms with Gasteiger partial charge in [0.1, 0.15) is 11.5 Å². The van der Waals surface area contributed by atoms with Crippen LogP contribution < -0.4 is 11.1 Å². The number of phenols is 2. The summed E-state index contributed by atoms with van der Waals surface area (Å²) in [6.07, 6.45) is 0. The standard InChI is InChI=1S/C9H13NO2.C7H9NO.C2H4O/c1-7-2-3-8(9(12)6-7)10-4-5-11;1-5-2-3-6(8)7(9)4-5;1-2-3-1/h2-3,6,10-12H,4-5H2,1H3;2-4,9H,8H2,1H3;1-2H2. The number of aromatic hydroxyl groups is 2. The first-order chi connectivity index (χ1) is 11.4. The van der Waals surface area contributed by atoms with Crippen molar-refractivity contribution in [3.05, 3.63) is 47.5 Å². The molecule has 0 aliphatic carbocycles. The second-order valence-electron chi connectivity index (χ2n) is 5.35. The molecular weight excluding hydrogens is 308 g/mol. The SMILES string of the molecule is C1CO1.Cc1ccc(N)c(O)c1.Cc1ccc(NCCO)c(O)c1. The predicted octanol–water partition coefficient (Wildman–Crippen LogP) is 2.40. The average molecular weight is 334 g/mol. The Hall–Kier alpha value is -2.44. The Balaban J connectivity index is 0.000000209. The molecule has 1 fully saturated rings. The summed E-state index contributed by atoms with van der Waals surface area (Å²) in [6.45, 7) is 6.33. The maximum absolute atomic E-state index is 9.37. The fourth-order valence-corrected chi connectivity index (χ4v) is 1.64. The fraction of sp³-hybridized carbons (Fsp3) is 0.333. The summed E-state index contributed by atoms with van der Waals surface area (Å²) < 4.78 is 4.50. The molecule has 2 aromatic carbocycles. The van der Waals surface area contributed by atoms with Gasteiger partial charge < -0.3 is 31.1 Å². The van der Waals surface area contributed by atoms with Gasteiger partial charge in [-0.1, -0.05) is 12.1 Å². The van der Waals surface area contributed by atoms with Gasteiger partial charge in [-0.15, -0.1) is 0 Å². The number of aryl methyl sites for hydroxylation is 2. The fourth-order valence-electron chi connectivity index (χ4n) is 1.64. The van der Waals surface area contributed by atoms with Gasteiger partial charge in [-0.05, 0) is 49.2 Å². The molecule has 3 rings (SSSR count). The first kappa shape index (κ1) is 19.6. The van der Waals surface area contributed by atoms with Crippen molar-refractivity contribution in [3.63, 3.8) is 0 Å². The summed E-state index contributed by atoms with van der Waals surface area (Å²) >= 11 is 0. The monoisotopic (exact) mass is 334 g/mol. The van der Waals surface area contributed by atoms with E-state index in [-0.39, 0.29) is 18.1 Å². The molecule has 0 radical (unpaired) electrons. The summed E-state index contributed by atoms with van der Waals surface area (Å²) in [5.74, 6) is 0.387. The van der Waals surface area contributed by atoms with E-state index in [0.717, 1.165) is 24.3 Å². The number of nitrogen functional groups attached to an aromatic ring is 1. The van der Waals surface area contributed by atoms with Gasteiger partial charge in [0.05, 0.1) is 31.2 Å². The predicted molar refractivity (Wildman–Crippen MR) is 96.5 cm³/mol. The summed E-state index contributed by atoms with van der Waals surface area (Å²) in [6, 6.07) is 10.6. The van der Waals surface area contributed by atoms with Crippen molar-refractivity contribution in [1.82, 2.24) is 0 Å².